The minimum Gasteiger partial charge on any atom is -0.367 e. The van der Waals surface area contributed by atoms with Gasteiger partial charge in [-0.15, -0.1) is 0 Å². The van der Waals surface area contributed by atoms with Crippen molar-refractivity contribution in [2.24, 2.45) is 17.6 Å². The van der Waals surface area contributed by atoms with E-state index in [-0.39, 0.29) is 17.7 Å². The summed E-state index contributed by atoms with van der Waals surface area (Å²) in [7, 11) is 0. The van der Waals surface area contributed by atoms with Gasteiger partial charge in [-0.25, -0.2) is 4.98 Å². The molecule has 8 heteroatoms. The van der Waals surface area contributed by atoms with Crippen LogP contribution in [0.15, 0.2) is 24.5 Å². The molecule has 2 aromatic rings. The van der Waals surface area contributed by atoms with Gasteiger partial charge in [0.15, 0.2) is 0 Å². The lowest BCUT2D eigenvalue weighted by molar-refractivity contribution is -0.139. The van der Waals surface area contributed by atoms with Gasteiger partial charge in [-0.05, 0) is 25.0 Å². The predicted molar refractivity (Wildman–Crippen MR) is 105 cm³/mol. The number of H-pyrrole nitrogens is 1. The number of pyridine rings is 1. The van der Waals surface area contributed by atoms with Crippen molar-refractivity contribution in [3.05, 3.63) is 30.1 Å². The Bertz CT molecular complexity index is 974. The molecule has 0 unspecified atom stereocenters. The number of rotatable bonds is 4. The van der Waals surface area contributed by atoms with Crippen LogP contribution in [0.3, 0.4) is 0 Å². The number of piperazine rings is 1. The summed E-state index contributed by atoms with van der Waals surface area (Å²) in [6, 6.07) is 4.27. The number of hydrogen-bond acceptors (Lipinski definition) is 5. The topological polar surface area (TPSA) is 119 Å². The molecule has 2 aromatic heterocycles. The molecule has 0 atom stereocenters. The molecule has 1 aliphatic heterocycles. The van der Waals surface area contributed by atoms with E-state index in [2.05, 4.69) is 20.9 Å². The summed E-state index contributed by atoms with van der Waals surface area (Å²) in [4.78, 5) is 35.2. The molecule has 2 fully saturated rings. The number of aromatic nitrogens is 2. The highest BCUT2D eigenvalue weighted by Gasteiger charge is 2.37. The molecular formula is C20H22N6O2. The SMILES string of the molecule is N#CC1CC(C(=O)N2CCN(c3cnc4[nH]cc(/C=C/C(N)=O)c4c3)CC2)C1. The van der Waals surface area contributed by atoms with E-state index in [1.165, 1.54) is 6.08 Å². The Balaban J connectivity index is 1.42. The fourth-order valence-electron chi connectivity index (χ4n) is 3.86. The molecule has 4 rings (SSSR count). The summed E-state index contributed by atoms with van der Waals surface area (Å²) in [6.07, 6.45) is 8.02. The van der Waals surface area contributed by atoms with Gasteiger partial charge in [0.05, 0.1) is 18.0 Å². The molecule has 1 saturated carbocycles. The monoisotopic (exact) mass is 378 g/mol. The summed E-state index contributed by atoms with van der Waals surface area (Å²) in [5, 5.41) is 9.80. The largest absolute Gasteiger partial charge is 0.367 e. The third-order valence-electron chi connectivity index (χ3n) is 5.60. The third-order valence-corrected chi connectivity index (χ3v) is 5.60. The van der Waals surface area contributed by atoms with Gasteiger partial charge in [0.1, 0.15) is 5.65 Å². The summed E-state index contributed by atoms with van der Waals surface area (Å²) >= 11 is 0. The van der Waals surface area contributed by atoms with Gasteiger partial charge >= 0.3 is 0 Å². The van der Waals surface area contributed by atoms with E-state index in [0.29, 0.717) is 25.9 Å². The lowest BCUT2D eigenvalue weighted by atomic mass is 9.75. The van der Waals surface area contributed by atoms with Crippen molar-refractivity contribution in [3.63, 3.8) is 0 Å². The van der Waals surface area contributed by atoms with Crippen LogP contribution < -0.4 is 10.6 Å². The molecule has 0 spiro atoms. The van der Waals surface area contributed by atoms with Gasteiger partial charge in [0, 0.05) is 61.2 Å². The van der Waals surface area contributed by atoms with Crippen LogP contribution in [-0.2, 0) is 9.59 Å². The molecule has 2 amide bonds. The Morgan fingerprint density at radius 2 is 2.04 bits per heavy atom. The molecule has 0 bridgehead atoms. The Morgan fingerprint density at radius 1 is 1.29 bits per heavy atom. The molecular weight excluding hydrogens is 356 g/mol. The number of carbonyl (C=O) groups excluding carboxylic acids is 2. The number of aromatic amines is 1. The number of hydrogen-bond donors (Lipinski definition) is 2. The maximum atomic E-state index is 12.5. The third kappa shape index (κ3) is 3.43. The predicted octanol–water partition coefficient (Wildman–Crippen LogP) is 1.26. The molecule has 1 aliphatic carbocycles. The molecule has 2 aliphatic rings. The van der Waals surface area contributed by atoms with Gasteiger partial charge in [-0.2, -0.15) is 5.26 Å². The van der Waals surface area contributed by atoms with Crippen LogP contribution in [-0.4, -0.2) is 52.9 Å². The van der Waals surface area contributed by atoms with Crippen molar-refractivity contribution in [3.8, 4) is 6.07 Å². The lowest BCUT2D eigenvalue weighted by Gasteiger charge is -2.40. The zero-order valence-electron chi connectivity index (χ0n) is 15.5. The van der Waals surface area contributed by atoms with Gasteiger partial charge < -0.3 is 20.5 Å². The van der Waals surface area contributed by atoms with E-state index in [0.717, 1.165) is 35.4 Å². The smallest absolute Gasteiger partial charge is 0.241 e. The fourth-order valence-corrected chi connectivity index (χ4v) is 3.86. The van der Waals surface area contributed by atoms with Crippen molar-refractivity contribution < 1.29 is 9.59 Å². The highest BCUT2D eigenvalue weighted by molar-refractivity contribution is 5.95. The van der Waals surface area contributed by atoms with Crippen LogP contribution in [0.4, 0.5) is 5.69 Å². The molecule has 3 N–H and O–H groups in total. The Morgan fingerprint density at radius 3 is 2.71 bits per heavy atom. The number of anilines is 1. The lowest BCUT2D eigenvalue weighted by Crippen LogP contribution is -2.52. The van der Waals surface area contributed by atoms with Crippen LogP contribution in [0.1, 0.15) is 18.4 Å². The number of nitrogens with one attached hydrogen (secondary N) is 1. The standard InChI is InChI=1S/C20H22N6O2/c21-10-13-7-15(8-13)20(28)26-5-3-25(4-6-26)16-9-17-14(1-2-18(22)27)11-23-19(17)24-12-16/h1-2,9,11-13,15H,3-8H2,(H2,22,27)(H,23,24)/b2-1+. The second-order valence-electron chi connectivity index (χ2n) is 7.38. The van der Waals surface area contributed by atoms with E-state index >= 15 is 0 Å². The fraction of sp³-hybridized carbons (Fsp3) is 0.400. The molecule has 3 heterocycles. The number of primary amides is 1. The molecule has 1 saturated heterocycles. The summed E-state index contributed by atoms with van der Waals surface area (Å²) in [5.41, 5.74) is 7.77. The maximum absolute atomic E-state index is 12.5. The minimum atomic E-state index is -0.494. The Labute approximate surface area is 162 Å². The first-order valence-electron chi connectivity index (χ1n) is 9.43. The summed E-state index contributed by atoms with van der Waals surface area (Å²) in [5.74, 6) is -0.239. The highest BCUT2D eigenvalue weighted by atomic mass is 16.2. The first-order chi connectivity index (χ1) is 13.5. The molecule has 0 radical (unpaired) electrons. The molecule has 0 aromatic carbocycles. The first kappa shape index (κ1) is 18.0. The minimum absolute atomic E-state index is 0.0219. The van der Waals surface area contributed by atoms with Crippen LogP contribution in [0.2, 0.25) is 0 Å². The van der Waals surface area contributed by atoms with E-state index in [9.17, 15) is 9.59 Å². The normalized spacial score (nSPS) is 22.2. The van der Waals surface area contributed by atoms with Crippen molar-refractivity contribution in [1.82, 2.24) is 14.9 Å². The highest BCUT2D eigenvalue weighted by Crippen LogP contribution is 2.34. The van der Waals surface area contributed by atoms with E-state index in [1.807, 2.05) is 17.2 Å². The van der Waals surface area contributed by atoms with E-state index in [4.69, 9.17) is 11.0 Å². The number of fused-ring (bicyclic) bond motifs is 1. The number of nitriles is 1. The van der Waals surface area contributed by atoms with Crippen LogP contribution in [0.5, 0.6) is 0 Å². The van der Waals surface area contributed by atoms with Gasteiger partial charge in [-0.1, -0.05) is 0 Å². The molecule has 28 heavy (non-hydrogen) atoms. The number of nitrogens with two attached hydrogens (primary N) is 1. The van der Waals surface area contributed by atoms with Crippen molar-refractivity contribution in [2.45, 2.75) is 12.8 Å². The zero-order valence-corrected chi connectivity index (χ0v) is 15.5. The van der Waals surface area contributed by atoms with Gasteiger partial charge in [0.25, 0.3) is 0 Å². The average Bonchev–Trinajstić information content (AvgIpc) is 3.08. The first-order valence-corrected chi connectivity index (χ1v) is 9.43. The number of amides is 2. The summed E-state index contributed by atoms with van der Waals surface area (Å²) in [6.45, 7) is 2.83. The van der Waals surface area contributed by atoms with Crippen LogP contribution in [0, 0.1) is 23.2 Å². The second kappa shape index (κ2) is 7.35. The van der Waals surface area contributed by atoms with Gasteiger partial charge in [-0.3, -0.25) is 9.59 Å². The van der Waals surface area contributed by atoms with Crippen molar-refractivity contribution >= 4 is 34.6 Å². The molecule has 144 valence electrons. The van der Waals surface area contributed by atoms with Crippen molar-refractivity contribution in [2.75, 3.05) is 31.1 Å². The number of carbonyl (C=O) groups is 2. The maximum Gasteiger partial charge on any atom is 0.241 e. The summed E-state index contributed by atoms with van der Waals surface area (Å²) < 4.78 is 0. The van der Waals surface area contributed by atoms with Crippen molar-refractivity contribution in [1.29, 1.82) is 5.26 Å². The van der Waals surface area contributed by atoms with E-state index in [1.54, 1.807) is 12.3 Å². The quantitative estimate of drug-likeness (QED) is 0.776. The van der Waals surface area contributed by atoms with Crippen LogP contribution >= 0.6 is 0 Å². The van der Waals surface area contributed by atoms with Gasteiger partial charge in [0.2, 0.25) is 11.8 Å². The Kier molecular flexibility index (Phi) is 4.74. The molecule has 8 nitrogen and oxygen atoms in total. The second-order valence-corrected chi connectivity index (χ2v) is 7.38. The van der Waals surface area contributed by atoms with Crippen LogP contribution in [0.25, 0.3) is 17.1 Å². The number of nitrogens with zero attached hydrogens (tertiary/aromatic N) is 4. The Hall–Kier alpha value is -3.34. The zero-order chi connectivity index (χ0) is 19.7. The average molecular weight is 378 g/mol. The van der Waals surface area contributed by atoms with E-state index < -0.39 is 5.91 Å².